The van der Waals surface area contributed by atoms with E-state index in [-0.39, 0.29) is 10.8 Å². The van der Waals surface area contributed by atoms with Gasteiger partial charge in [-0.2, -0.15) is 0 Å². The first-order valence-electron chi connectivity index (χ1n) is 16.2. The van der Waals surface area contributed by atoms with Crippen LogP contribution in [0.25, 0.3) is 33.4 Å². The molecule has 222 valence electrons. The molecular formula is C44H41N. The van der Waals surface area contributed by atoms with E-state index in [0.717, 1.165) is 17.1 Å². The summed E-state index contributed by atoms with van der Waals surface area (Å²) in [5, 5.41) is 0. The highest BCUT2D eigenvalue weighted by Gasteiger charge is 2.37. The van der Waals surface area contributed by atoms with Crippen molar-refractivity contribution in [2.75, 3.05) is 4.90 Å². The molecule has 0 N–H and O–H groups in total. The highest BCUT2D eigenvalue weighted by Crippen LogP contribution is 2.47. The Labute approximate surface area is 268 Å². The Balaban J connectivity index is 1.26. The Bertz CT molecular complexity index is 1810. The van der Waals surface area contributed by atoms with Gasteiger partial charge in [0.2, 0.25) is 0 Å². The van der Waals surface area contributed by atoms with Crippen LogP contribution in [0.3, 0.4) is 0 Å². The molecule has 0 atom stereocenters. The van der Waals surface area contributed by atoms with E-state index >= 15 is 0 Å². The zero-order valence-electron chi connectivity index (χ0n) is 26.8. The first kappa shape index (κ1) is 28.9. The Hall–Kier alpha value is -4.88. The largest absolute Gasteiger partial charge is 0.311 e. The van der Waals surface area contributed by atoms with Gasteiger partial charge < -0.3 is 4.90 Å². The van der Waals surface area contributed by atoms with Gasteiger partial charge in [0, 0.05) is 17.1 Å². The maximum absolute atomic E-state index is 2.45. The number of hydrogen-bond donors (Lipinski definition) is 0. The summed E-state index contributed by atoms with van der Waals surface area (Å²) in [6, 6.07) is 55.2. The van der Waals surface area contributed by atoms with Crippen molar-refractivity contribution in [2.24, 2.45) is 0 Å². The van der Waals surface area contributed by atoms with Gasteiger partial charge in [0.1, 0.15) is 0 Å². The van der Waals surface area contributed by atoms with Crippen molar-refractivity contribution in [3.8, 4) is 33.4 Å². The molecule has 7 rings (SSSR count). The van der Waals surface area contributed by atoms with E-state index in [2.05, 4.69) is 184 Å². The first-order valence-corrected chi connectivity index (χ1v) is 16.2. The average Bonchev–Trinajstić information content (AvgIpc) is 3.09. The topological polar surface area (TPSA) is 3.24 Å². The lowest BCUT2D eigenvalue weighted by Gasteiger charge is -2.42. The molecule has 45 heavy (non-hydrogen) atoms. The second kappa shape index (κ2) is 11.6. The SMILES string of the molecule is CC1(C)CCC(C)(C)c2cc(-c3ccc(N(c4ccc(-c5ccccc5)cc4)c4ccc(-c5ccccc5)cc4)cc3)ccc21. The van der Waals surface area contributed by atoms with Crippen molar-refractivity contribution in [2.45, 2.75) is 51.4 Å². The third-order valence-corrected chi connectivity index (χ3v) is 9.78. The van der Waals surface area contributed by atoms with Crippen LogP contribution in [0.1, 0.15) is 51.7 Å². The molecule has 0 spiro atoms. The number of nitrogens with zero attached hydrogens (tertiary/aromatic N) is 1. The second-order valence-corrected chi connectivity index (χ2v) is 13.7. The van der Waals surface area contributed by atoms with Crippen LogP contribution in [-0.2, 0) is 10.8 Å². The molecule has 0 unspecified atom stereocenters. The maximum Gasteiger partial charge on any atom is 0.0462 e. The molecule has 0 radical (unpaired) electrons. The standard InChI is InChI=1S/C44H41N/c1-43(2)29-30-44(3,4)42-31-37(21-28-41(42)43)36-19-26-40(27-20-36)45(38-22-15-34(16-23-38)32-11-7-5-8-12-32)39-24-17-35(18-25-39)33-13-9-6-10-14-33/h5-28,31H,29-30H2,1-4H3. The lowest BCUT2D eigenvalue weighted by Crippen LogP contribution is -2.33. The normalized spacial score (nSPS) is 14.8. The predicted octanol–water partition coefficient (Wildman–Crippen LogP) is 12.5. The van der Waals surface area contributed by atoms with Crippen LogP contribution in [0.5, 0.6) is 0 Å². The molecule has 0 aliphatic heterocycles. The summed E-state index contributed by atoms with van der Waals surface area (Å²) in [7, 11) is 0. The molecule has 0 saturated carbocycles. The zero-order chi connectivity index (χ0) is 31.0. The highest BCUT2D eigenvalue weighted by atomic mass is 15.1. The summed E-state index contributed by atoms with van der Waals surface area (Å²) in [4.78, 5) is 2.35. The van der Waals surface area contributed by atoms with Crippen LogP contribution in [0.4, 0.5) is 17.1 Å². The summed E-state index contributed by atoms with van der Waals surface area (Å²) in [5.74, 6) is 0. The van der Waals surface area contributed by atoms with Crippen LogP contribution >= 0.6 is 0 Å². The van der Waals surface area contributed by atoms with Crippen molar-refractivity contribution in [1.29, 1.82) is 0 Å². The molecule has 1 aliphatic carbocycles. The van der Waals surface area contributed by atoms with Crippen molar-refractivity contribution in [3.63, 3.8) is 0 Å². The van der Waals surface area contributed by atoms with E-state index in [9.17, 15) is 0 Å². The molecule has 1 heteroatoms. The summed E-state index contributed by atoms with van der Waals surface area (Å²) in [6.07, 6.45) is 2.45. The minimum atomic E-state index is 0.190. The average molecular weight is 584 g/mol. The fourth-order valence-electron chi connectivity index (χ4n) is 6.89. The minimum Gasteiger partial charge on any atom is -0.311 e. The van der Waals surface area contributed by atoms with Crippen LogP contribution in [0.2, 0.25) is 0 Å². The molecule has 6 aromatic rings. The van der Waals surface area contributed by atoms with Crippen LogP contribution in [0.15, 0.2) is 152 Å². The Kier molecular flexibility index (Phi) is 7.42. The van der Waals surface area contributed by atoms with Crippen molar-refractivity contribution < 1.29 is 0 Å². The van der Waals surface area contributed by atoms with Crippen LogP contribution in [-0.4, -0.2) is 0 Å². The number of rotatable bonds is 6. The molecular weight excluding hydrogens is 542 g/mol. The third-order valence-electron chi connectivity index (χ3n) is 9.78. The fourth-order valence-corrected chi connectivity index (χ4v) is 6.89. The lowest BCUT2D eigenvalue weighted by molar-refractivity contribution is 0.332. The van der Waals surface area contributed by atoms with E-state index in [1.807, 2.05) is 0 Å². The van der Waals surface area contributed by atoms with Crippen molar-refractivity contribution in [1.82, 2.24) is 0 Å². The van der Waals surface area contributed by atoms with Gasteiger partial charge >= 0.3 is 0 Å². The van der Waals surface area contributed by atoms with Gasteiger partial charge in [-0.25, -0.2) is 0 Å². The predicted molar refractivity (Wildman–Crippen MR) is 193 cm³/mol. The van der Waals surface area contributed by atoms with Gasteiger partial charge in [0.25, 0.3) is 0 Å². The smallest absolute Gasteiger partial charge is 0.0462 e. The summed E-state index contributed by atoms with van der Waals surface area (Å²) in [5.41, 5.74) is 14.2. The van der Waals surface area contributed by atoms with Gasteiger partial charge in [-0.15, -0.1) is 0 Å². The second-order valence-electron chi connectivity index (χ2n) is 13.7. The highest BCUT2D eigenvalue weighted by molar-refractivity contribution is 5.81. The van der Waals surface area contributed by atoms with Crippen LogP contribution in [0, 0.1) is 0 Å². The molecule has 0 saturated heterocycles. The van der Waals surface area contributed by atoms with E-state index in [1.165, 1.54) is 57.3 Å². The Morgan fingerprint density at radius 2 is 0.689 bits per heavy atom. The zero-order valence-corrected chi connectivity index (χ0v) is 26.8. The quantitative estimate of drug-likeness (QED) is 0.188. The van der Waals surface area contributed by atoms with Gasteiger partial charge in [0.15, 0.2) is 0 Å². The number of hydrogen-bond acceptors (Lipinski definition) is 1. The lowest BCUT2D eigenvalue weighted by atomic mass is 9.63. The van der Waals surface area contributed by atoms with E-state index in [0.29, 0.717) is 0 Å². The van der Waals surface area contributed by atoms with E-state index in [1.54, 1.807) is 0 Å². The van der Waals surface area contributed by atoms with Gasteiger partial charge in [-0.3, -0.25) is 0 Å². The molecule has 0 heterocycles. The monoisotopic (exact) mass is 583 g/mol. The van der Waals surface area contributed by atoms with Crippen LogP contribution < -0.4 is 4.90 Å². The number of benzene rings is 6. The fraction of sp³-hybridized carbons (Fsp3) is 0.182. The van der Waals surface area contributed by atoms with Gasteiger partial charge in [-0.05, 0) is 105 Å². The van der Waals surface area contributed by atoms with E-state index < -0.39 is 0 Å². The molecule has 1 aliphatic rings. The summed E-state index contributed by atoms with van der Waals surface area (Å²) < 4.78 is 0. The Morgan fingerprint density at radius 3 is 1.11 bits per heavy atom. The first-order chi connectivity index (χ1) is 21.8. The van der Waals surface area contributed by atoms with E-state index in [4.69, 9.17) is 0 Å². The third kappa shape index (κ3) is 5.71. The molecule has 0 aromatic heterocycles. The van der Waals surface area contributed by atoms with Gasteiger partial charge in [0.05, 0.1) is 0 Å². The van der Waals surface area contributed by atoms with Crippen molar-refractivity contribution >= 4 is 17.1 Å². The molecule has 6 aromatic carbocycles. The molecule has 0 bridgehead atoms. The minimum absolute atomic E-state index is 0.190. The Morgan fingerprint density at radius 1 is 0.356 bits per heavy atom. The van der Waals surface area contributed by atoms with Crippen molar-refractivity contribution in [3.05, 3.63) is 163 Å². The molecule has 0 fully saturated rings. The van der Waals surface area contributed by atoms with Gasteiger partial charge in [-0.1, -0.05) is 143 Å². The summed E-state index contributed by atoms with van der Waals surface area (Å²) in [6.45, 7) is 9.59. The maximum atomic E-state index is 2.45. The molecule has 1 nitrogen and oxygen atoms in total. The number of anilines is 3. The molecule has 0 amide bonds. The number of fused-ring (bicyclic) bond motifs is 1. The summed E-state index contributed by atoms with van der Waals surface area (Å²) >= 11 is 0.